The molecule has 0 radical (unpaired) electrons. The minimum Gasteiger partial charge on any atom is -0.444 e. The van der Waals surface area contributed by atoms with E-state index in [0.29, 0.717) is 12.0 Å². The molecule has 0 aromatic heterocycles. The average Bonchev–Trinajstić information content (AvgIpc) is 2.90. The summed E-state index contributed by atoms with van der Waals surface area (Å²) < 4.78 is 5.48. The molecule has 1 saturated heterocycles. The van der Waals surface area contributed by atoms with Crippen LogP contribution < -0.4 is 5.32 Å². The lowest BCUT2D eigenvalue weighted by molar-refractivity contribution is 0.0285. The van der Waals surface area contributed by atoms with Gasteiger partial charge in [0.2, 0.25) is 0 Å². The van der Waals surface area contributed by atoms with Gasteiger partial charge in [-0.15, -0.1) is 6.58 Å². The van der Waals surface area contributed by atoms with E-state index >= 15 is 0 Å². The van der Waals surface area contributed by atoms with Gasteiger partial charge in [0.1, 0.15) is 5.60 Å². The number of carbonyl (C=O) groups is 1. The monoisotopic (exact) mass is 310 g/mol. The van der Waals surface area contributed by atoms with Crippen molar-refractivity contribution in [1.29, 1.82) is 0 Å². The largest absolute Gasteiger partial charge is 0.444 e. The maximum atomic E-state index is 12.2. The summed E-state index contributed by atoms with van der Waals surface area (Å²) in [5.41, 5.74) is -0.418. The molecule has 1 fully saturated rings. The Balaban J connectivity index is 2.51. The lowest BCUT2D eigenvalue weighted by Crippen LogP contribution is -2.40. The molecule has 1 rings (SSSR count). The van der Waals surface area contributed by atoms with Crippen LogP contribution in [0.25, 0.3) is 0 Å². The highest BCUT2D eigenvalue weighted by Gasteiger charge is 2.33. The fourth-order valence-corrected chi connectivity index (χ4v) is 2.92. The fourth-order valence-electron chi connectivity index (χ4n) is 2.92. The van der Waals surface area contributed by atoms with E-state index in [0.717, 1.165) is 51.7 Å². The van der Waals surface area contributed by atoms with Crippen molar-refractivity contribution in [3.63, 3.8) is 0 Å². The summed E-state index contributed by atoms with van der Waals surface area (Å²) in [6.45, 7) is 14.4. The molecule has 1 heterocycles. The Hall–Kier alpha value is -1.03. The molecule has 1 N–H and O–H groups in total. The third kappa shape index (κ3) is 6.82. The number of nitrogens with zero attached hydrogens (tertiary/aromatic N) is 1. The van der Waals surface area contributed by atoms with Crippen LogP contribution >= 0.6 is 0 Å². The van der Waals surface area contributed by atoms with Gasteiger partial charge in [-0.1, -0.05) is 13.0 Å². The fraction of sp³-hybridized carbons (Fsp3) is 0.833. The highest BCUT2D eigenvalue weighted by molar-refractivity contribution is 5.68. The molecule has 0 spiro atoms. The van der Waals surface area contributed by atoms with Gasteiger partial charge in [-0.05, 0) is 65.3 Å². The van der Waals surface area contributed by atoms with Crippen molar-refractivity contribution < 1.29 is 9.53 Å². The molecule has 2 atom stereocenters. The lowest BCUT2D eigenvalue weighted by Gasteiger charge is -2.27. The SMILES string of the molecule is C=CCCCC(NCCC)C1CCN(C(=O)OC(C)(C)C)C1. The third-order valence-corrected chi connectivity index (χ3v) is 4.03. The number of nitrogens with one attached hydrogen (secondary N) is 1. The van der Waals surface area contributed by atoms with Gasteiger partial charge in [-0.3, -0.25) is 0 Å². The number of likely N-dealkylation sites (tertiary alicyclic amines) is 1. The van der Waals surface area contributed by atoms with E-state index in [-0.39, 0.29) is 6.09 Å². The smallest absolute Gasteiger partial charge is 0.410 e. The molecular weight excluding hydrogens is 276 g/mol. The van der Waals surface area contributed by atoms with Crippen LogP contribution in [-0.4, -0.2) is 42.3 Å². The normalized spacial score (nSPS) is 20.0. The molecule has 0 aromatic rings. The number of hydrogen-bond donors (Lipinski definition) is 1. The van der Waals surface area contributed by atoms with E-state index in [4.69, 9.17) is 4.74 Å². The number of hydrogen-bond acceptors (Lipinski definition) is 3. The summed E-state index contributed by atoms with van der Waals surface area (Å²) in [5.74, 6) is 0.531. The summed E-state index contributed by atoms with van der Waals surface area (Å²) in [6, 6.07) is 0.493. The maximum absolute atomic E-state index is 12.2. The molecule has 128 valence electrons. The van der Waals surface area contributed by atoms with Gasteiger partial charge in [-0.25, -0.2) is 4.79 Å². The number of amides is 1. The second kappa shape index (κ2) is 9.19. The molecule has 0 saturated carbocycles. The Labute approximate surface area is 136 Å². The van der Waals surface area contributed by atoms with Crippen molar-refractivity contribution in [2.45, 2.75) is 71.4 Å². The Morgan fingerprint density at radius 3 is 2.82 bits per heavy atom. The van der Waals surface area contributed by atoms with Crippen LogP contribution in [-0.2, 0) is 4.74 Å². The van der Waals surface area contributed by atoms with Crippen LogP contribution in [0.4, 0.5) is 4.79 Å². The van der Waals surface area contributed by atoms with Crippen LogP contribution in [0.15, 0.2) is 12.7 Å². The van der Waals surface area contributed by atoms with E-state index in [9.17, 15) is 4.79 Å². The first-order valence-corrected chi connectivity index (χ1v) is 8.69. The van der Waals surface area contributed by atoms with Gasteiger partial charge in [-0.2, -0.15) is 0 Å². The molecular formula is C18H34N2O2. The molecule has 22 heavy (non-hydrogen) atoms. The average molecular weight is 310 g/mol. The first kappa shape index (κ1) is 19.0. The predicted molar refractivity (Wildman–Crippen MR) is 92.0 cm³/mol. The third-order valence-electron chi connectivity index (χ3n) is 4.03. The van der Waals surface area contributed by atoms with Gasteiger partial charge in [0.25, 0.3) is 0 Å². The lowest BCUT2D eigenvalue weighted by atomic mass is 9.94. The van der Waals surface area contributed by atoms with Crippen LogP contribution in [0.5, 0.6) is 0 Å². The molecule has 1 aliphatic rings. The van der Waals surface area contributed by atoms with Crippen LogP contribution in [0, 0.1) is 5.92 Å². The zero-order chi connectivity index (χ0) is 16.6. The van der Waals surface area contributed by atoms with Gasteiger partial charge >= 0.3 is 6.09 Å². The summed E-state index contributed by atoms with van der Waals surface area (Å²) in [5, 5.41) is 3.66. The Morgan fingerprint density at radius 2 is 2.23 bits per heavy atom. The highest BCUT2D eigenvalue weighted by atomic mass is 16.6. The summed E-state index contributed by atoms with van der Waals surface area (Å²) >= 11 is 0. The van der Waals surface area contributed by atoms with Crippen LogP contribution in [0.1, 0.15) is 59.8 Å². The van der Waals surface area contributed by atoms with Gasteiger partial charge in [0.15, 0.2) is 0 Å². The van der Waals surface area contributed by atoms with E-state index in [1.165, 1.54) is 0 Å². The highest BCUT2D eigenvalue weighted by Crippen LogP contribution is 2.24. The zero-order valence-electron chi connectivity index (χ0n) is 14.9. The minimum atomic E-state index is -0.418. The van der Waals surface area contributed by atoms with Crippen molar-refractivity contribution in [2.24, 2.45) is 5.92 Å². The quantitative estimate of drug-likeness (QED) is 0.545. The first-order valence-electron chi connectivity index (χ1n) is 8.69. The second-order valence-corrected chi connectivity index (χ2v) is 7.26. The molecule has 2 unspecified atom stereocenters. The number of ether oxygens (including phenoxy) is 1. The van der Waals surface area contributed by atoms with E-state index in [1.54, 1.807) is 0 Å². The molecule has 0 bridgehead atoms. The van der Waals surface area contributed by atoms with Gasteiger partial charge in [0, 0.05) is 19.1 Å². The van der Waals surface area contributed by atoms with Gasteiger partial charge in [0.05, 0.1) is 0 Å². The second-order valence-electron chi connectivity index (χ2n) is 7.26. The maximum Gasteiger partial charge on any atom is 0.410 e. The zero-order valence-corrected chi connectivity index (χ0v) is 14.9. The van der Waals surface area contributed by atoms with Crippen molar-refractivity contribution in [3.05, 3.63) is 12.7 Å². The predicted octanol–water partition coefficient (Wildman–Crippen LogP) is 3.97. The Morgan fingerprint density at radius 1 is 1.50 bits per heavy atom. The van der Waals surface area contributed by atoms with Crippen molar-refractivity contribution in [1.82, 2.24) is 10.2 Å². The number of carbonyl (C=O) groups excluding carboxylic acids is 1. The Kier molecular flexibility index (Phi) is 7.94. The van der Waals surface area contributed by atoms with Crippen molar-refractivity contribution in [3.8, 4) is 0 Å². The van der Waals surface area contributed by atoms with Crippen LogP contribution in [0.3, 0.4) is 0 Å². The van der Waals surface area contributed by atoms with Gasteiger partial charge < -0.3 is 15.0 Å². The molecule has 0 aromatic carbocycles. The number of rotatable bonds is 8. The number of allylic oxidation sites excluding steroid dienone is 1. The summed E-state index contributed by atoms with van der Waals surface area (Å²) in [6.07, 6.45) is 7.39. The summed E-state index contributed by atoms with van der Waals surface area (Å²) in [7, 11) is 0. The first-order chi connectivity index (χ1) is 10.4. The van der Waals surface area contributed by atoms with Crippen LogP contribution in [0.2, 0.25) is 0 Å². The molecule has 1 aliphatic heterocycles. The number of unbranched alkanes of at least 4 members (excludes halogenated alkanes) is 1. The topological polar surface area (TPSA) is 41.6 Å². The molecule has 0 aliphatic carbocycles. The van der Waals surface area contributed by atoms with E-state index in [2.05, 4.69) is 18.8 Å². The van der Waals surface area contributed by atoms with E-state index < -0.39 is 5.60 Å². The molecule has 4 heteroatoms. The van der Waals surface area contributed by atoms with Crippen molar-refractivity contribution in [2.75, 3.05) is 19.6 Å². The summed E-state index contributed by atoms with van der Waals surface area (Å²) in [4.78, 5) is 14.0. The Bertz CT molecular complexity index is 349. The minimum absolute atomic E-state index is 0.171. The van der Waals surface area contributed by atoms with Crippen molar-refractivity contribution >= 4 is 6.09 Å². The standard InChI is InChI=1S/C18H34N2O2/c1-6-8-9-10-16(19-12-7-2)15-11-13-20(14-15)17(21)22-18(3,4)5/h6,15-16,19H,1,7-14H2,2-5H3. The molecule has 1 amide bonds. The van der Waals surface area contributed by atoms with E-state index in [1.807, 2.05) is 31.7 Å². The molecule has 4 nitrogen and oxygen atoms in total.